The van der Waals surface area contributed by atoms with Crippen LogP contribution in [0.4, 0.5) is 13.2 Å². The summed E-state index contributed by atoms with van der Waals surface area (Å²) >= 11 is 0. The minimum absolute atomic E-state index is 0.0478. The summed E-state index contributed by atoms with van der Waals surface area (Å²) in [6.45, 7) is 0.547. The molecule has 0 unspecified atom stereocenters. The molecule has 0 spiro atoms. The van der Waals surface area contributed by atoms with Crippen molar-refractivity contribution in [2.45, 2.75) is 13.0 Å². The number of rotatable bonds is 6. The van der Waals surface area contributed by atoms with Crippen LogP contribution in [0, 0.1) is 17.5 Å². The van der Waals surface area contributed by atoms with Crippen LogP contribution in [-0.2, 0) is 16.4 Å². The number of halogens is 3. The smallest absolute Gasteiger partial charge is 0.194 e. The van der Waals surface area contributed by atoms with Crippen molar-refractivity contribution in [2.75, 3.05) is 18.6 Å². The fourth-order valence-corrected chi connectivity index (χ4v) is 2.07. The zero-order valence-electron chi connectivity index (χ0n) is 9.84. The van der Waals surface area contributed by atoms with Gasteiger partial charge in [-0.05, 0) is 30.7 Å². The van der Waals surface area contributed by atoms with Gasteiger partial charge in [0.1, 0.15) is 9.84 Å². The number of hydrogen-bond donors (Lipinski definition) is 1. The first kappa shape index (κ1) is 15.0. The lowest BCUT2D eigenvalue weighted by atomic mass is 10.2. The van der Waals surface area contributed by atoms with Gasteiger partial charge in [0.2, 0.25) is 0 Å². The molecule has 1 N–H and O–H groups in total. The number of sulfone groups is 1. The Morgan fingerprint density at radius 3 is 2.22 bits per heavy atom. The van der Waals surface area contributed by atoms with E-state index >= 15 is 0 Å². The maximum absolute atomic E-state index is 12.8. The van der Waals surface area contributed by atoms with Crippen LogP contribution in [-0.4, -0.2) is 27.0 Å². The second-order valence-electron chi connectivity index (χ2n) is 4.03. The SMILES string of the molecule is CS(=O)(=O)CCCNCc1cc(F)c(F)c(F)c1. The Bertz CT molecular complexity index is 494. The zero-order chi connectivity index (χ0) is 13.8. The zero-order valence-corrected chi connectivity index (χ0v) is 10.7. The van der Waals surface area contributed by atoms with Gasteiger partial charge in [-0.15, -0.1) is 0 Å². The Balaban J connectivity index is 2.41. The quantitative estimate of drug-likeness (QED) is 0.637. The van der Waals surface area contributed by atoms with E-state index in [1.165, 1.54) is 0 Å². The van der Waals surface area contributed by atoms with Gasteiger partial charge in [-0.3, -0.25) is 0 Å². The van der Waals surface area contributed by atoms with E-state index in [1.807, 2.05) is 0 Å². The van der Waals surface area contributed by atoms with Crippen LogP contribution in [0.3, 0.4) is 0 Å². The minimum Gasteiger partial charge on any atom is -0.313 e. The van der Waals surface area contributed by atoms with E-state index < -0.39 is 27.3 Å². The molecular weight excluding hydrogens is 267 g/mol. The molecule has 0 aliphatic heterocycles. The molecule has 0 aliphatic carbocycles. The highest BCUT2D eigenvalue weighted by molar-refractivity contribution is 7.90. The van der Waals surface area contributed by atoms with Gasteiger partial charge >= 0.3 is 0 Å². The molecule has 3 nitrogen and oxygen atoms in total. The van der Waals surface area contributed by atoms with E-state index in [2.05, 4.69) is 5.32 Å². The third-order valence-corrected chi connectivity index (χ3v) is 3.27. The van der Waals surface area contributed by atoms with Crippen molar-refractivity contribution < 1.29 is 21.6 Å². The summed E-state index contributed by atoms with van der Waals surface area (Å²) in [6, 6.07) is 1.81. The number of benzene rings is 1. The molecule has 1 aromatic carbocycles. The standard InChI is InChI=1S/C11H14F3NO2S/c1-18(16,17)4-2-3-15-7-8-5-9(12)11(14)10(13)6-8/h5-6,15H,2-4,7H2,1H3. The Labute approximate surface area is 104 Å². The largest absolute Gasteiger partial charge is 0.313 e. The second-order valence-corrected chi connectivity index (χ2v) is 6.29. The lowest BCUT2D eigenvalue weighted by Crippen LogP contribution is -2.18. The van der Waals surface area contributed by atoms with Crippen LogP contribution in [0.5, 0.6) is 0 Å². The average Bonchev–Trinajstić information content (AvgIpc) is 2.23. The molecule has 0 atom stereocenters. The molecule has 0 aliphatic rings. The van der Waals surface area contributed by atoms with E-state index in [-0.39, 0.29) is 17.9 Å². The van der Waals surface area contributed by atoms with Crippen molar-refractivity contribution in [1.29, 1.82) is 0 Å². The van der Waals surface area contributed by atoms with Gasteiger partial charge < -0.3 is 5.32 Å². The average molecular weight is 281 g/mol. The van der Waals surface area contributed by atoms with E-state index in [1.54, 1.807) is 0 Å². The van der Waals surface area contributed by atoms with Crippen molar-refractivity contribution in [3.63, 3.8) is 0 Å². The lowest BCUT2D eigenvalue weighted by Gasteiger charge is -2.05. The van der Waals surface area contributed by atoms with Gasteiger partial charge in [0.15, 0.2) is 17.5 Å². The van der Waals surface area contributed by atoms with Crippen LogP contribution < -0.4 is 5.32 Å². The van der Waals surface area contributed by atoms with Crippen LogP contribution in [0.2, 0.25) is 0 Å². The van der Waals surface area contributed by atoms with Gasteiger partial charge in [0.05, 0.1) is 5.75 Å². The third-order valence-electron chi connectivity index (χ3n) is 2.24. The Morgan fingerprint density at radius 2 is 1.72 bits per heavy atom. The molecule has 0 aromatic heterocycles. The molecule has 7 heteroatoms. The predicted octanol–water partition coefficient (Wildman–Crippen LogP) is 1.63. The van der Waals surface area contributed by atoms with Gasteiger partial charge in [-0.1, -0.05) is 0 Å². The van der Waals surface area contributed by atoms with Gasteiger partial charge in [0, 0.05) is 12.8 Å². The molecular formula is C11H14F3NO2S. The topological polar surface area (TPSA) is 46.2 Å². The summed E-state index contributed by atoms with van der Waals surface area (Å²) in [4.78, 5) is 0. The van der Waals surface area contributed by atoms with Crippen LogP contribution >= 0.6 is 0 Å². The summed E-state index contributed by atoms with van der Waals surface area (Å²) in [6.07, 6.45) is 1.54. The van der Waals surface area contributed by atoms with Gasteiger partial charge in [0.25, 0.3) is 0 Å². The molecule has 0 bridgehead atoms. The van der Waals surface area contributed by atoms with Crippen molar-refractivity contribution in [3.05, 3.63) is 35.1 Å². The second kappa shape index (κ2) is 6.19. The highest BCUT2D eigenvalue weighted by atomic mass is 32.2. The molecule has 102 valence electrons. The molecule has 0 saturated carbocycles. The number of nitrogens with one attached hydrogen (secondary N) is 1. The highest BCUT2D eigenvalue weighted by Gasteiger charge is 2.10. The predicted molar refractivity (Wildman–Crippen MR) is 62.4 cm³/mol. The fourth-order valence-electron chi connectivity index (χ4n) is 1.40. The molecule has 0 fully saturated rings. The van der Waals surface area contributed by atoms with Crippen molar-refractivity contribution in [3.8, 4) is 0 Å². The molecule has 18 heavy (non-hydrogen) atoms. The Hall–Kier alpha value is -1.08. The summed E-state index contributed by atoms with van der Waals surface area (Å²) in [7, 11) is -3.00. The van der Waals surface area contributed by atoms with E-state index in [0.29, 0.717) is 13.0 Å². The van der Waals surface area contributed by atoms with Crippen molar-refractivity contribution in [1.82, 2.24) is 5.32 Å². The van der Waals surface area contributed by atoms with Gasteiger partial charge in [-0.25, -0.2) is 21.6 Å². The van der Waals surface area contributed by atoms with Crippen LogP contribution in [0.1, 0.15) is 12.0 Å². The third kappa shape index (κ3) is 5.05. The Kier molecular flexibility index (Phi) is 5.15. The summed E-state index contributed by atoms with van der Waals surface area (Å²) in [5.74, 6) is -3.91. The maximum atomic E-state index is 12.8. The Morgan fingerprint density at radius 1 is 1.17 bits per heavy atom. The van der Waals surface area contributed by atoms with E-state index in [9.17, 15) is 21.6 Å². The van der Waals surface area contributed by atoms with E-state index in [0.717, 1.165) is 18.4 Å². The lowest BCUT2D eigenvalue weighted by molar-refractivity contribution is 0.444. The van der Waals surface area contributed by atoms with Crippen LogP contribution in [0.25, 0.3) is 0 Å². The monoisotopic (exact) mass is 281 g/mol. The molecule has 0 heterocycles. The molecule has 1 aromatic rings. The van der Waals surface area contributed by atoms with Gasteiger partial charge in [-0.2, -0.15) is 0 Å². The van der Waals surface area contributed by atoms with Crippen molar-refractivity contribution >= 4 is 9.84 Å². The first-order chi connectivity index (χ1) is 8.29. The highest BCUT2D eigenvalue weighted by Crippen LogP contribution is 2.13. The normalized spacial score (nSPS) is 11.8. The maximum Gasteiger partial charge on any atom is 0.194 e. The molecule has 0 amide bonds. The first-order valence-corrected chi connectivity index (χ1v) is 7.37. The summed E-state index contributed by atoms with van der Waals surface area (Å²) < 4.78 is 60.0. The van der Waals surface area contributed by atoms with Crippen LogP contribution in [0.15, 0.2) is 12.1 Å². The van der Waals surface area contributed by atoms with Crippen molar-refractivity contribution in [2.24, 2.45) is 0 Å². The molecule has 1 rings (SSSR count). The first-order valence-electron chi connectivity index (χ1n) is 5.31. The number of hydrogen-bond acceptors (Lipinski definition) is 3. The molecule has 0 saturated heterocycles. The molecule has 0 radical (unpaired) electrons. The fraction of sp³-hybridized carbons (Fsp3) is 0.455. The van der Waals surface area contributed by atoms with E-state index in [4.69, 9.17) is 0 Å². The minimum atomic E-state index is -3.00. The summed E-state index contributed by atoms with van der Waals surface area (Å²) in [5.41, 5.74) is 0.269. The summed E-state index contributed by atoms with van der Waals surface area (Å²) in [5, 5.41) is 2.83.